The number of halogens is 3. The van der Waals surface area contributed by atoms with Gasteiger partial charge in [-0.2, -0.15) is 5.26 Å². The topological polar surface area (TPSA) is 63.0 Å². The van der Waals surface area contributed by atoms with Crippen LogP contribution < -0.4 is 0 Å². The predicted molar refractivity (Wildman–Crippen MR) is 54.8 cm³/mol. The Balaban J connectivity index is 3.54. The molecule has 1 rings (SSSR count). The first-order chi connectivity index (χ1) is 8.06. The van der Waals surface area contributed by atoms with Crippen molar-refractivity contribution in [1.82, 2.24) is 4.98 Å². The zero-order valence-electron chi connectivity index (χ0n) is 8.71. The van der Waals surface area contributed by atoms with Gasteiger partial charge in [-0.05, 0) is 0 Å². The highest BCUT2D eigenvalue weighted by Gasteiger charge is 2.25. The number of esters is 1. The van der Waals surface area contributed by atoms with E-state index in [0.29, 0.717) is 0 Å². The van der Waals surface area contributed by atoms with Crippen LogP contribution in [0, 0.1) is 11.3 Å². The van der Waals surface area contributed by atoms with Crippen LogP contribution in [0.4, 0.5) is 8.78 Å². The van der Waals surface area contributed by atoms with Crippen LogP contribution in [0.5, 0.6) is 0 Å². The molecule has 0 aliphatic heterocycles. The molecule has 0 unspecified atom stereocenters. The second-order valence-electron chi connectivity index (χ2n) is 2.95. The molecule has 4 nitrogen and oxygen atoms in total. The number of alkyl halides is 3. The third-order valence-electron chi connectivity index (χ3n) is 2.09. The summed E-state index contributed by atoms with van der Waals surface area (Å²) in [6.45, 7) is 0. The maximum atomic E-state index is 12.9. The van der Waals surface area contributed by atoms with Gasteiger partial charge in [0.15, 0.2) is 0 Å². The quantitative estimate of drug-likeness (QED) is 0.618. The molecule has 0 amide bonds. The van der Waals surface area contributed by atoms with Crippen LogP contribution in [0.1, 0.15) is 33.6 Å². The number of nitriles is 1. The Hall–Kier alpha value is -1.74. The van der Waals surface area contributed by atoms with Crippen molar-refractivity contribution in [3.05, 3.63) is 28.6 Å². The molecule has 90 valence electrons. The highest BCUT2D eigenvalue weighted by Crippen LogP contribution is 2.29. The summed E-state index contributed by atoms with van der Waals surface area (Å²) >= 11 is 5.50. The molecule has 0 radical (unpaired) electrons. The van der Waals surface area contributed by atoms with Crippen LogP contribution in [0.15, 0.2) is 6.20 Å². The van der Waals surface area contributed by atoms with Crippen molar-refractivity contribution >= 4 is 17.6 Å². The van der Waals surface area contributed by atoms with Gasteiger partial charge in [-0.3, -0.25) is 0 Å². The molecule has 0 fully saturated rings. The van der Waals surface area contributed by atoms with Crippen molar-refractivity contribution in [2.24, 2.45) is 0 Å². The van der Waals surface area contributed by atoms with Crippen LogP contribution in [0.25, 0.3) is 0 Å². The molecule has 0 spiro atoms. The number of hydrogen-bond donors (Lipinski definition) is 0. The smallest absolute Gasteiger partial charge is 0.339 e. The molecule has 0 saturated carbocycles. The number of methoxy groups -OCH3 is 1. The average Bonchev–Trinajstić information content (AvgIpc) is 2.35. The number of carbonyl (C=O) groups is 1. The molecule has 17 heavy (non-hydrogen) atoms. The van der Waals surface area contributed by atoms with Crippen molar-refractivity contribution in [2.45, 2.75) is 12.3 Å². The maximum Gasteiger partial charge on any atom is 0.339 e. The minimum atomic E-state index is -2.94. The van der Waals surface area contributed by atoms with Gasteiger partial charge in [0.05, 0.1) is 18.6 Å². The average molecular weight is 261 g/mol. The summed E-state index contributed by atoms with van der Waals surface area (Å²) in [6.07, 6.45) is -2.05. The van der Waals surface area contributed by atoms with Crippen LogP contribution >= 0.6 is 11.6 Å². The predicted octanol–water partition coefficient (Wildman–Crippen LogP) is 2.42. The van der Waals surface area contributed by atoms with E-state index >= 15 is 0 Å². The highest BCUT2D eigenvalue weighted by atomic mass is 35.5. The first-order valence-electron chi connectivity index (χ1n) is 4.41. The molecule has 0 aromatic carbocycles. The lowest BCUT2D eigenvalue weighted by atomic mass is 10.0. The minimum absolute atomic E-state index is 0.146. The second kappa shape index (κ2) is 5.55. The Bertz CT molecular complexity index is 486. The molecule has 0 aliphatic carbocycles. The van der Waals surface area contributed by atoms with Crippen LogP contribution in [-0.4, -0.2) is 18.1 Å². The van der Waals surface area contributed by atoms with Crippen LogP contribution in [0.2, 0.25) is 0 Å². The standard InChI is InChI=1S/C10H7ClF2N2O2/c1-17-10(16)6-4-15-7(3-14)5(2-11)8(6)9(12)13/h4,9H,2H2,1H3. The van der Waals surface area contributed by atoms with Crippen molar-refractivity contribution in [1.29, 1.82) is 5.26 Å². The fraction of sp³-hybridized carbons (Fsp3) is 0.300. The Kier molecular flexibility index (Phi) is 4.35. The van der Waals surface area contributed by atoms with Crippen molar-refractivity contribution in [3.63, 3.8) is 0 Å². The zero-order valence-corrected chi connectivity index (χ0v) is 9.46. The van der Waals surface area contributed by atoms with E-state index in [1.54, 1.807) is 6.07 Å². The van der Waals surface area contributed by atoms with E-state index in [-0.39, 0.29) is 22.7 Å². The van der Waals surface area contributed by atoms with E-state index in [1.807, 2.05) is 0 Å². The third-order valence-corrected chi connectivity index (χ3v) is 2.35. The summed E-state index contributed by atoms with van der Waals surface area (Å²) in [4.78, 5) is 14.9. The first-order valence-corrected chi connectivity index (χ1v) is 4.94. The van der Waals surface area contributed by atoms with Gasteiger partial charge in [-0.1, -0.05) is 0 Å². The van der Waals surface area contributed by atoms with Crippen LogP contribution in [0.3, 0.4) is 0 Å². The number of carbonyl (C=O) groups excluding carboxylic acids is 1. The van der Waals surface area contributed by atoms with Crippen molar-refractivity contribution in [2.75, 3.05) is 7.11 Å². The van der Waals surface area contributed by atoms with Gasteiger partial charge in [0.1, 0.15) is 11.8 Å². The molecule has 0 bridgehead atoms. The fourth-order valence-electron chi connectivity index (χ4n) is 1.32. The number of aromatic nitrogens is 1. The van der Waals surface area contributed by atoms with E-state index < -0.39 is 18.0 Å². The Morgan fingerprint density at radius 3 is 2.76 bits per heavy atom. The summed E-state index contributed by atoms with van der Waals surface area (Å²) < 4.78 is 30.1. The molecule has 0 aliphatic rings. The largest absolute Gasteiger partial charge is 0.465 e. The van der Waals surface area contributed by atoms with E-state index in [0.717, 1.165) is 13.3 Å². The molecule has 0 N–H and O–H groups in total. The summed E-state index contributed by atoms with van der Waals surface area (Å²) in [6, 6.07) is 1.64. The number of ether oxygens (including phenoxy) is 1. The number of hydrogen-bond acceptors (Lipinski definition) is 4. The summed E-state index contributed by atoms with van der Waals surface area (Å²) in [5.41, 5.74) is -1.34. The summed E-state index contributed by atoms with van der Waals surface area (Å²) in [5.74, 6) is -1.27. The Labute approximate surface area is 101 Å². The molecule has 7 heteroatoms. The van der Waals surface area contributed by atoms with Gasteiger partial charge >= 0.3 is 5.97 Å². The highest BCUT2D eigenvalue weighted by molar-refractivity contribution is 6.17. The minimum Gasteiger partial charge on any atom is -0.465 e. The van der Waals surface area contributed by atoms with E-state index in [9.17, 15) is 13.6 Å². The lowest BCUT2D eigenvalue weighted by Gasteiger charge is -2.11. The monoisotopic (exact) mass is 260 g/mol. The number of pyridine rings is 1. The van der Waals surface area contributed by atoms with Gasteiger partial charge in [0.25, 0.3) is 6.43 Å². The first kappa shape index (κ1) is 13.3. The molecule has 1 aromatic rings. The van der Waals surface area contributed by atoms with Crippen molar-refractivity contribution < 1.29 is 18.3 Å². The van der Waals surface area contributed by atoms with E-state index in [2.05, 4.69) is 9.72 Å². The van der Waals surface area contributed by atoms with E-state index in [1.165, 1.54) is 0 Å². The molecular weight excluding hydrogens is 254 g/mol. The molecule has 1 aromatic heterocycles. The van der Waals surface area contributed by atoms with Gasteiger partial charge in [0, 0.05) is 17.3 Å². The van der Waals surface area contributed by atoms with Crippen molar-refractivity contribution in [3.8, 4) is 6.07 Å². The molecular formula is C10H7ClF2N2O2. The summed E-state index contributed by atoms with van der Waals surface area (Å²) in [7, 11) is 1.07. The van der Waals surface area contributed by atoms with Gasteiger partial charge in [-0.15, -0.1) is 11.6 Å². The SMILES string of the molecule is COC(=O)c1cnc(C#N)c(CCl)c1C(F)F. The Morgan fingerprint density at radius 2 is 2.35 bits per heavy atom. The summed E-state index contributed by atoms with van der Waals surface area (Å²) in [5, 5.41) is 8.71. The van der Waals surface area contributed by atoms with E-state index in [4.69, 9.17) is 16.9 Å². The van der Waals surface area contributed by atoms with Gasteiger partial charge in [0.2, 0.25) is 0 Å². The zero-order chi connectivity index (χ0) is 13.0. The number of nitrogens with zero attached hydrogens (tertiary/aromatic N) is 2. The van der Waals surface area contributed by atoms with Gasteiger partial charge < -0.3 is 4.74 Å². The van der Waals surface area contributed by atoms with Crippen LogP contribution in [-0.2, 0) is 10.6 Å². The second-order valence-corrected chi connectivity index (χ2v) is 3.22. The molecule has 1 heterocycles. The lowest BCUT2D eigenvalue weighted by molar-refractivity contribution is 0.0588. The maximum absolute atomic E-state index is 12.9. The normalized spacial score (nSPS) is 10.1. The fourth-order valence-corrected chi connectivity index (χ4v) is 1.59. The third kappa shape index (κ3) is 2.50. The number of rotatable bonds is 3. The Morgan fingerprint density at radius 1 is 1.71 bits per heavy atom. The van der Waals surface area contributed by atoms with Gasteiger partial charge in [-0.25, -0.2) is 18.6 Å². The lowest BCUT2D eigenvalue weighted by Crippen LogP contribution is -2.11. The molecule has 0 atom stereocenters. The molecule has 0 saturated heterocycles.